The largest absolute Gasteiger partial charge is 0.305 e. The van der Waals surface area contributed by atoms with E-state index in [9.17, 15) is 0 Å². The second kappa shape index (κ2) is 26.5. The molecule has 0 N–H and O–H groups in total. The first kappa shape index (κ1) is 17.7. The van der Waals surface area contributed by atoms with Crippen LogP contribution in [0.3, 0.4) is 0 Å². The van der Waals surface area contributed by atoms with Gasteiger partial charge in [0.15, 0.2) is 0 Å². The second-order valence-electron chi connectivity index (χ2n) is 12.0. The van der Waals surface area contributed by atoms with Gasteiger partial charge in [0.1, 0.15) is 0 Å². The van der Waals surface area contributed by atoms with Gasteiger partial charge in [-0.2, -0.15) is 0 Å². The predicted molar refractivity (Wildman–Crippen MR) is 259 cm³/mol. The van der Waals surface area contributed by atoms with Crippen LogP contribution in [0, 0.1) is 30.2 Å². The predicted octanol–water partition coefficient (Wildman–Crippen LogP) is 12.5. The SMILES string of the molecule is [2H]c1[c-]c(-c2cc(CC([2H])(C([2H])([2H])[2H])C([2H])([2H])[2H])[c]([Ge]([CH3])([C]([2H])([2H])[2H])[C]([2H])([2H])[2H])cn2)c([2H])c([2H])c1[2H].[2H]c1[c-]c(-c2cc[c]([Ge]([CH3])([C]([2H])([2H])[2H])[C]([2H])([2H])[2H])cn2)c([2H])c([2H])c1[2H].[2H]c1[c-]c(-c2nc([2H])c([2H])c([2H])c2[2H])c([2H])c([2H])c1[2H].[2H]c1[c-]c(-c2nc([2H])c([2H])c([2H])c2[2H])c([2H])c([2H])c1[2H].[Ir].[Ir]. The summed E-state index contributed by atoms with van der Waals surface area (Å²) in [6.07, 6.45) is -0.0618. The quantitative estimate of drug-likeness (QED) is 0.112. The van der Waals surface area contributed by atoms with Gasteiger partial charge in [0.25, 0.3) is 0 Å². The van der Waals surface area contributed by atoms with E-state index in [1.54, 1.807) is 0 Å². The van der Waals surface area contributed by atoms with E-state index >= 15 is 0 Å². The zero-order valence-electron chi connectivity index (χ0n) is 75.0. The van der Waals surface area contributed by atoms with Gasteiger partial charge in [-0.1, -0.05) is 24.2 Å². The Balaban J connectivity index is 0.000000373. The van der Waals surface area contributed by atoms with E-state index in [4.69, 9.17) is 58.9 Å². The third-order valence-electron chi connectivity index (χ3n) is 7.16. The molecule has 0 saturated heterocycles. The first-order chi connectivity index (χ1) is 46.5. The Morgan fingerprint density at radius 3 is 1.44 bits per heavy atom. The van der Waals surface area contributed by atoms with E-state index < -0.39 is 208 Å². The van der Waals surface area contributed by atoms with Crippen molar-refractivity contribution in [1.29, 1.82) is 0 Å². The second-order valence-corrected chi connectivity index (χ2v) is 23.7. The first-order valence-corrected chi connectivity index (χ1v) is 27.4. The molecule has 0 saturated carbocycles. The van der Waals surface area contributed by atoms with E-state index in [-0.39, 0.29) is 112 Å². The van der Waals surface area contributed by atoms with Gasteiger partial charge in [0.2, 0.25) is 0 Å². The van der Waals surface area contributed by atoms with Gasteiger partial charge in [0, 0.05) is 58.0 Å². The molecular weight excluding hydrogens is 1230 g/mol. The summed E-state index contributed by atoms with van der Waals surface area (Å²) in [5.41, 5.74) is -12.8. The van der Waals surface area contributed by atoms with E-state index in [0.29, 0.717) is 0 Å². The van der Waals surface area contributed by atoms with E-state index in [0.717, 1.165) is 18.0 Å². The fraction of sp³-hybridized carbons (Fsp3) is 0.185. The van der Waals surface area contributed by atoms with Crippen LogP contribution in [0.15, 0.2) is 176 Å². The third-order valence-corrected chi connectivity index (χ3v) is 13.4. The Bertz CT molecular complexity index is 4290. The Kier molecular flexibility index (Phi) is 7.55. The van der Waals surface area contributed by atoms with Gasteiger partial charge >= 0.3 is 262 Å². The maximum absolute atomic E-state index is 8.45. The summed E-state index contributed by atoms with van der Waals surface area (Å²) in [6.45, 7) is -6.80. The first-order valence-electron chi connectivity index (χ1n) is 38.4. The van der Waals surface area contributed by atoms with Crippen LogP contribution < -0.4 is 8.79 Å². The molecule has 0 spiro atoms. The molecule has 4 aromatic heterocycles. The molecule has 0 aliphatic heterocycles. The van der Waals surface area contributed by atoms with Crippen molar-refractivity contribution < 1.29 is 99.2 Å². The van der Waals surface area contributed by atoms with E-state index in [1.165, 1.54) is 24.1 Å². The van der Waals surface area contributed by atoms with Crippen molar-refractivity contribution in [2.45, 2.75) is 54.4 Å². The minimum absolute atomic E-state index is 0. The summed E-state index contributed by atoms with van der Waals surface area (Å²) in [7, 11) is 0. The van der Waals surface area contributed by atoms with Crippen molar-refractivity contribution in [2.24, 2.45) is 5.89 Å². The summed E-state index contributed by atoms with van der Waals surface area (Å²) < 4.78 is 332. The van der Waals surface area contributed by atoms with Gasteiger partial charge in [-0.05, 0) is 29.0 Å². The third kappa shape index (κ3) is 17.2. The van der Waals surface area contributed by atoms with Crippen LogP contribution in [0.2, 0.25) is 34.3 Å². The fourth-order valence-electron chi connectivity index (χ4n) is 4.45. The maximum atomic E-state index is 8.45. The monoisotopic (exact) mass is 1340 g/mol. The molecule has 322 valence electrons. The number of hydrogen-bond acceptors (Lipinski definition) is 4. The molecular formula is C54H56Ge2Ir2N4-4. The van der Waals surface area contributed by atoms with Crippen molar-refractivity contribution in [3.8, 4) is 45.0 Å². The zero-order chi connectivity index (χ0) is 79.6. The van der Waals surface area contributed by atoms with Crippen LogP contribution in [-0.2, 0) is 46.6 Å². The summed E-state index contributed by atoms with van der Waals surface area (Å²) in [5.74, 6) is -0.783. The smallest absolute Gasteiger partial charge is 0.0830 e. The van der Waals surface area contributed by atoms with Crippen molar-refractivity contribution in [1.82, 2.24) is 19.9 Å². The van der Waals surface area contributed by atoms with Crippen LogP contribution in [0.4, 0.5) is 0 Å². The molecule has 8 aromatic rings. The van der Waals surface area contributed by atoms with Gasteiger partial charge in [-0.25, -0.2) is 0 Å². The average molecular weight is 1330 g/mol. The molecule has 4 aromatic carbocycles. The maximum Gasteiger partial charge on any atom is 0.0830 e. The minimum atomic E-state index is -5.32. The van der Waals surface area contributed by atoms with Crippen molar-refractivity contribution in [3.63, 3.8) is 0 Å². The van der Waals surface area contributed by atoms with Crippen LogP contribution in [0.25, 0.3) is 45.0 Å². The molecule has 0 aliphatic rings. The molecule has 0 amide bonds. The van der Waals surface area contributed by atoms with Crippen LogP contribution >= 0.6 is 0 Å². The standard InChI is InChI=1S/C18H24GeN.C14H16GeN.2C11H8N.2Ir/c1-14(2)11-16-12-18(15-9-7-6-8-10-15)20-13-17(16)19(3,4)5;1-15(2,3)13-9-10-14(16-11-13)12-7-5-4-6-8-12;2*1-2-6-10(7-3-1)11-8-4-5-9-12-11;;/h6-9,12-14H,11H2,1-5H3;4-7,9-11H,1-3H3;2*1-6,8-9H;;/q4*-1;;/i1D3,2D3,3D3,4D3,6D,7D,8D,9D,14D;1D3,2D3,4D,5D,6D,7D;2*1D,2D,3D,4D,5D,6D,8D,9D;;. The number of nitrogens with zero attached hydrogens (tertiary/aromatic N) is 4. The fourth-order valence-corrected chi connectivity index (χ4v) is 8.36. The molecule has 0 unspecified atom stereocenters. The molecule has 2 radical (unpaired) electrons. The molecule has 0 fully saturated rings. The molecule has 62 heavy (non-hydrogen) atoms. The molecule has 0 aliphatic carbocycles. The number of pyridine rings is 4. The van der Waals surface area contributed by atoms with Crippen molar-refractivity contribution >= 4 is 35.3 Å². The number of rotatable bonds is 8. The Morgan fingerprint density at radius 2 is 0.984 bits per heavy atom. The summed E-state index contributed by atoms with van der Waals surface area (Å²) in [5, 5.41) is 0. The summed E-state index contributed by atoms with van der Waals surface area (Å²) in [4.78, 5) is 15.5. The molecule has 0 atom stereocenters. The number of benzene rings is 4. The molecule has 8 heteroatoms. The Hall–Kier alpha value is -4.14. The van der Waals surface area contributed by atoms with E-state index in [1.807, 2.05) is 0 Å². The molecule has 0 bridgehead atoms. The van der Waals surface area contributed by atoms with Crippen LogP contribution in [0.1, 0.15) is 78.2 Å². The molecule has 8 rings (SSSR count). The van der Waals surface area contributed by atoms with Crippen molar-refractivity contribution in [3.05, 3.63) is 206 Å². The van der Waals surface area contributed by atoms with E-state index in [2.05, 4.69) is 44.2 Å². The van der Waals surface area contributed by atoms with Gasteiger partial charge in [-0.3, -0.25) is 0 Å². The van der Waals surface area contributed by atoms with Crippen LogP contribution in [-0.4, -0.2) is 46.5 Å². The van der Waals surface area contributed by atoms with Gasteiger partial charge in [-0.15, -0.1) is 71.6 Å². The Labute approximate surface area is 464 Å². The van der Waals surface area contributed by atoms with Crippen LogP contribution in [0.5, 0.6) is 0 Å². The Morgan fingerprint density at radius 1 is 0.532 bits per heavy atom. The normalized spacial score (nSPS) is 21.9. The molecule has 4 heterocycles. The number of hydrogen-bond donors (Lipinski definition) is 0. The topological polar surface area (TPSA) is 51.6 Å². The minimum Gasteiger partial charge on any atom is -0.305 e. The van der Waals surface area contributed by atoms with Crippen molar-refractivity contribution in [2.75, 3.05) is 0 Å². The summed E-state index contributed by atoms with van der Waals surface area (Å²) in [6, 6.07) is 2.97. The number of aromatic nitrogens is 4. The molecule has 4 nitrogen and oxygen atoms in total. The van der Waals surface area contributed by atoms with Gasteiger partial charge < -0.3 is 9.97 Å². The zero-order valence-corrected chi connectivity index (χ0v) is 41.0. The van der Waals surface area contributed by atoms with Gasteiger partial charge in [0.05, 0.1) is 11.0 Å². The average Bonchev–Trinajstić information content (AvgIpc) is 0.830. The summed E-state index contributed by atoms with van der Waals surface area (Å²) >= 11 is -9.87.